The normalized spacial score (nSPS) is 15.6. The van der Waals surface area contributed by atoms with Crippen molar-refractivity contribution in [2.75, 3.05) is 7.05 Å². The van der Waals surface area contributed by atoms with Gasteiger partial charge in [0, 0.05) is 19.6 Å². The van der Waals surface area contributed by atoms with Gasteiger partial charge in [0.1, 0.15) is 0 Å². The SMILES string of the molecule is CN(Cc1cccc(C#N)c1)S(=O)(=O)NC1CC1. The number of rotatable bonds is 5. The third-order valence-electron chi connectivity index (χ3n) is 2.76. The lowest BCUT2D eigenvalue weighted by atomic mass is 10.1. The van der Waals surface area contributed by atoms with Crippen LogP contribution in [-0.2, 0) is 16.8 Å². The lowest BCUT2D eigenvalue weighted by molar-refractivity contribution is 0.454. The van der Waals surface area contributed by atoms with E-state index in [4.69, 9.17) is 5.26 Å². The number of benzene rings is 1. The van der Waals surface area contributed by atoms with E-state index in [-0.39, 0.29) is 12.6 Å². The largest absolute Gasteiger partial charge is 0.279 e. The lowest BCUT2D eigenvalue weighted by Crippen LogP contribution is -2.38. The van der Waals surface area contributed by atoms with E-state index in [1.807, 2.05) is 12.1 Å². The molecule has 0 spiro atoms. The molecule has 0 bridgehead atoms. The van der Waals surface area contributed by atoms with Gasteiger partial charge in [-0.3, -0.25) is 0 Å². The van der Waals surface area contributed by atoms with E-state index < -0.39 is 10.2 Å². The summed E-state index contributed by atoms with van der Waals surface area (Å²) in [4.78, 5) is 0. The van der Waals surface area contributed by atoms with Crippen molar-refractivity contribution in [3.05, 3.63) is 35.4 Å². The highest BCUT2D eigenvalue weighted by atomic mass is 32.2. The first-order valence-electron chi connectivity index (χ1n) is 5.74. The zero-order valence-electron chi connectivity index (χ0n) is 10.1. The molecule has 18 heavy (non-hydrogen) atoms. The Hall–Kier alpha value is -1.42. The van der Waals surface area contributed by atoms with Crippen LogP contribution in [0.3, 0.4) is 0 Å². The maximum atomic E-state index is 11.9. The van der Waals surface area contributed by atoms with Gasteiger partial charge in [-0.1, -0.05) is 12.1 Å². The second-order valence-corrected chi connectivity index (χ2v) is 6.27. The van der Waals surface area contributed by atoms with E-state index in [1.165, 1.54) is 11.4 Å². The summed E-state index contributed by atoms with van der Waals surface area (Å²) in [5.41, 5.74) is 1.34. The highest BCUT2D eigenvalue weighted by molar-refractivity contribution is 7.87. The van der Waals surface area contributed by atoms with Gasteiger partial charge in [-0.2, -0.15) is 22.7 Å². The van der Waals surface area contributed by atoms with Crippen molar-refractivity contribution in [3.63, 3.8) is 0 Å². The summed E-state index contributed by atoms with van der Waals surface area (Å²) in [5, 5.41) is 8.79. The first kappa shape index (κ1) is 13.0. The molecule has 2 rings (SSSR count). The molecule has 1 aliphatic rings. The summed E-state index contributed by atoms with van der Waals surface area (Å²) in [6.07, 6.45) is 1.83. The molecule has 0 radical (unpaired) electrons. The molecular weight excluding hydrogens is 250 g/mol. The van der Waals surface area contributed by atoms with E-state index in [0.29, 0.717) is 5.56 Å². The van der Waals surface area contributed by atoms with Crippen LogP contribution in [0.15, 0.2) is 24.3 Å². The second-order valence-electron chi connectivity index (χ2n) is 4.47. The maximum Gasteiger partial charge on any atom is 0.279 e. The first-order chi connectivity index (χ1) is 8.51. The molecule has 0 atom stereocenters. The van der Waals surface area contributed by atoms with Crippen LogP contribution in [0.4, 0.5) is 0 Å². The molecule has 1 aromatic rings. The molecular formula is C12H15N3O2S. The molecule has 0 aromatic heterocycles. The molecule has 5 nitrogen and oxygen atoms in total. The Kier molecular flexibility index (Phi) is 3.66. The van der Waals surface area contributed by atoms with Crippen molar-refractivity contribution < 1.29 is 8.42 Å². The number of nitriles is 1. The van der Waals surface area contributed by atoms with Gasteiger partial charge < -0.3 is 0 Å². The van der Waals surface area contributed by atoms with E-state index in [2.05, 4.69) is 4.72 Å². The highest BCUT2D eigenvalue weighted by Crippen LogP contribution is 2.20. The van der Waals surface area contributed by atoms with Gasteiger partial charge >= 0.3 is 0 Å². The van der Waals surface area contributed by atoms with Gasteiger partial charge in [0.05, 0.1) is 11.6 Å². The van der Waals surface area contributed by atoms with E-state index in [0.717, 1.165) is 18.4 Å². The summed E-state index contributed by atoms with van der Waals surface area (Å²) >= 11 is 0. The quantitative estimate of drug-likeness (QED) is 0.862. The van der Waals surface area contributed by atoms with Crippen molar-refractivity contribution in [2.24, 2.45) is 0 Å². The average Bonchev–Trinajstić information content (AvgIpc) is 3.12. The number of nitrogens with one attached hydrogen (secondary N) is 1. The fourth-order valence-corrected chi connectivity index (χ4v) is 2.74. The van der Waals surface area contributed by atoms with E-state index in [9.17, 15) is 8.42 Å². The van der Waals surface area contributed by atoms with E-state index >= 15 is 0 Å². The molecule has 1 fully saturated rings. The van der Waals surface area contributed by atoms with Gasteiger partial charge in [-0.25, -0.2) is 0 Å². The molecule has 1 aliphatic carbocycles. The third-order valence-corrected chi connectivity index (χ3v) is 4.35. The molecule has 1 aromatic carbocycles. The molecule has 0 unspecified atom stereocenters. The molecule has 0 amide bonds. The fourth-order valence-electron chi connectivity index (χ4n) is 1.58. The molecule has 0 heterocycles. The summed E-state index contributed by atoms with van der Waals surface area (Å²) < 4.78 is 27.7. The molecule has 0 saturated heterocycles. The summed E-state index contributed by atoms with van der Waals surface area (Å²) in [6, 6.07) is 9.09. The Labute approximate surface area is 107 Å². The zero-order chi connectivity index (χ0) is 13.2. The van der Waals surface area contributed by atoms with Crippen LogP contribution in [0, 0.1) is 11.3 Å². The van der Waals surface area contributed by atoms with Crippen LogP contribution >= 0.6 is 0 Å². The summed E-state index contributed by atoms with van der Waals surface area (Å²) in [7, 11) is -1.88. The molecule has 0 aliphatic heterocycles. The van der Waals surface area contributed by atoms with Crippen LogP contribution in [-0.4, -0.2) is 25.8 Å². The highest BCUT2D eigenvalue weighted by Gasteiger charge is 2.29. The van der Waals surface area contributed by atoms with Crippen LogP contribution in [0.1, 0.15) is 24.0 Å². The minimum Gasteiger partial charge on any atom is -0.199 e. The Morgan fingerprint density at radius 3 is 2.83 bits per heavy atom. The number of hydrogen-bond acceptors (Lipinski definition) is 3. The zero-order valence-corrected chi connectivity index (χ0v) is 10.9. The van der Waals surface area contributed by atoms with Gasteiger partial charge in [0.15, 0.2) is 0 Å². The van der Waals surface area contributed by atoms with Crippen LogP contribution < -0.4 is 4.72 Å². The first-order valence-corrected chi connectivity index (χ1v) is 7.18. The smallest absolute Gasteiger partial charge is 0.199 e. The van der Waals surface area contributed by atoms with Crippen LogP contribution in [0.2, 0.25) is 0 Å². The average molecular weight is 265 g/mol. The summed E-state index contributed by atoms with van der Waals surface area (Å²) in [5.74, 6) is 0. The minimum absolute atomic E-state index is 0.0999. The van der Waals surface area contributed by atoms with E-state index in [1.54, 1.807) is 18.2 Å². The van der Waals surface area contributed by atoms with Crippen molar-refractivity contribution in [1.82, 2.24) is 9.03 Å². The predicted molar refractivity (Wildman–Crippen MR) is 67.7 cm³/mol. The molecule has 1 saturated carbocycles. The molecule has 6 heteroatoms. The Balaban J connectivity index is 2.05. The van der Waals surface area contributed by atoms with Crippen LogP contribution in [0.5, 0.6) is 0 Å². The van der Waals surface area contributed by atoms with Gasteiger partial charge in [0.2, 0.25) is 0 Å². The topological polar surface area (TPSA) is 73.2 Å². The van der Waals surface area contributed by atoms with Gasteiger partial charge in [-0.05, 0) is 30.5 Å². The Bertz CT molecular complexity index is 573. The van der Waals surface area contributed by atoms with Gasteiger partial charge in [-0.15, -0.1) is 0 Å². The Morgan fingerprint density at radius 2 is 2.22 bits per heavy atom. The third kappa shape index (κ3) is 3.29. The summed E-state index contributed by atoms with van der Waals surface area (Å²) in [6.45, 7) is 0.261. The molecule has 96 valence electrons. The second kappa shape index (κ2) is 5.06. The van der Waals surface area contributed by atoms with Crippen LogP contribution in [0.25, 0.3) is 0 Å². The Morgan fingerprint density at radius 1 is 1.50 bits per heavy atom. The number of hydrogen-bond donors (Lipinski definition) is 1. The minimum atomic E-state index is -3.41. The predicted octanol–water partition coefficient (Wildman–Crippen LogP) is 0.987. The number of nitrogens with zero attached hydrogens (tertiary/aromatic N) is 2. The van der Waals surface area contributed by atoms with Crippen molar-refractivity contribution in [2.45, 2.75) is 25.4 Å². The standard InChI is InChI=1S/C12H15N3O2S/c1-15(18(16,17)14-12-5-6-12)9-11-4-2-3-10(7-11)8-13/h2-4,7,12,14H,5-6,9H2,1H3. The van der Waals surface area contributed by atoms with Crippen molar-refractivity contribution in [3.8, 4) is 6.07 Å². The van der Waals surface area contributed by atoms with Gasteiger partial charge in [0.25, 0.3) is 10.2 Å². The fraction of sp³-hybridized carbons (Fsp3) is 0.417. The van der Waals surface area contributed by atoms with Crippen molar-refractivity contribution >= 4 is 10.2 Å². The van der Waals surface area contributed by atoms with Crippen molar-refractivity contribution in [1.29, 1.82) is 5.26 Å². The maximum absolute atomic E-state index is 11.9. The lowest BCUT2D eigenvalue weighted by Gasteiger charge is -2.17. The molecule has 1 N–H and O–H groups in total. The monoisotopic (exact) mass is 265 g/mol.